The third kappa shape index (κ3) is 3.51. The average molecular weight is 234 g/mol. The lowest BCUT2D eigenvalue weighted by molar-refractivity contribution is 0.0813. The lowest BCUT2D eigenvalue weighted by Crippen LogP contribution is -2.36. The summed E-state index contributed by atoms with van der Waals surface area (Å²) in [5, 5.41) is 9.50. The van der Waals surface area contributed by atoms with Crippen molar-refractivity contribution in [2.45, 2.75) is 51.3 Å². The molecule has 1 aliphatic rings. The van der Waals surface area contributed by atoms with Crippen molar-refractivity contribution >= 4 is 0 Å². The first-order chi connectivity index (χ1) is 8.15. The molecule has 0 spiro atoms. The van der Waals surface area contributed by atoms with Gasteiger partial charge in [-0.3, -0.25) is 9.88 Å². The highest BCUT2D eigenvalue weighted by molar-refractivity contribution is 5.09. The van der Waals surface area contributed by atoms with E-state index in [1.807, 2.05) is 13.0 Å². The second-order valence-corrected chi connectivity index (χ2v) is 5.15. The van der Waals surface area contributed by atoms with Gasteiger partial charge in [0.2, 0.25) is 0 Å². The van der Waals surface area contributed by atoms with Gasteiger partial charge in [0.1, 0.15) is 0 Å². The van der Waals surface area contributed by atoms with Gasteiger partial charge in [0.25, 0.3) is 0 Å². The van der Waals surface area contributed by atoms with Gasteiger partial charge in [-0.05, 0) is 51.8 Å². The van der Waals surface area contributed by atoms with E-state index >= 15 is 0 Å². The number of hydrogen-bond acceptors (Lipinski definition) is 3. The Hall–Kier alpha value is -0.930. The van der Waals surface area contributed by atoms with Gasteiger partial charge in [-0.25, -0.2) is 0 Å². The molecule has 2 rings (SSSR count). The molecule has 0 aromatic carbocycles. The molecule has 0 radical (unpaired) electrons. The molecule has 1 heterocycles. The van der Waals surface area contributed by atoms with Crippen LogP contribution >= 0.6 is 0 Å². The van der Waals surface area contributed by atoms with Crippen LogP contribution in [0.15, 0.2) is 18.2 Å². The Labute approximate surface area is 103 Å². The molecule has 1 aromatic rings. The summed E-state index contributed by atoms with van der Waals surface area (Å²) in [6.45, 7) is 2.93. The minimum absolute atomic E-state index is 0.0725. The Morgan fingerprint density at radius 3 is 2.65 bits per heavy atom. The molecule has 94 valence electrons. The summed E-state index contributed by atoms with van der Waals surface area (Å²) < 4.78 is 0. The summed E-state index contributed by atoms with van der Waals surface area (Å²) in [5.74, 6) is 0. The smallest absolute Gasteiger partial charge is 0.0547 e. The molecule has 3 nitrogen and oxygen atoms in total. The molecular weight excluding hydrogens is 212 g/mol. The molecule has 3 heteroatoms. The molecule has 1 aromatic heterocycles. The number of nitrogens with zero attached hydrogens (tertiary/aromatic N) is 2. The summed E-state index contributed by atoms with van der Waals surface area (Å²) in [4.78, 5) is 6.90. The fraction of sp³-hybridized carbons (Fsp3) is 0.643. The van der Waals surface area contributed by atoms with Crippen molar-refractivity contribution in [3.63, 3.8) is 0 Å². The standard InChI is InChI=1S/C14H22N2O/c1-11-4-3-5-12(15-11)10-16(2)13-6-8-14(17)9-7-13/h3-5,13-14,17H,6-10H2,1-2H3. The van der Waals surface area contributed by atoms with Crippen LogP contribution in [-0.4, -0.2) is 34.2 Å². The van der Waals surface area contributed by atoms with Crippen LogP contribution in [0.25, 0.3) is 0 Å². The van der Waals surface area contributed by atoms with Crippen LogP contribution < -0.4 is 0 Å². The Kier molecular flexibility index (Phi) is 4.13. The van der Waals surface area contributed by atoms with E-state index < -0.39 is 0 Å². The van der Waals surface area contributed by atoms with Crippen LogP contribution in [0.1, 0.15) is 37.1 Å². The van der Waals surface area contributed by atoms with Gasteiger partial charge in [-0.2, -0.15) is 0 Å². The number of aliphatic hydroxyl groups is 1. The van der Waals surface area contributed by atoms with Crippen molar-refractivity contribution in [3.8, 4) is 0 Å². The molecule has 0 amide bonds. The fourth-order valence-corrected chi connectivity index (χ4v) is 2.57. The van der Waals surface area contributed by atoms with E-state index in [1.165, 1.54) is 0 Å². The highest BCUT2D eigenvalue weighted by Crippen LogP contribution is 2.23. The number of rotatable bonds is 3. The SMILES string of the molecule is Cc1cccc(CN(C)C2CCC(O)CC2)n1. The number of aromatic nitrogens is 1. The lowest BCUT2D eigenvalue weighted by Gasteiger charge is -2.32. The molecule has 0 saturated heterocycles. The fourth-order valence-electron chi connectivity index (χ4n) is 2.57. The minimum atomic E-state index is -0.0725. The first-order valence-corrected chi connectivity index (χ1v) is 6.46. The van der Waals surface area contributed by atoms with Crippen LogP contribution in [0.4, 0.5) is 0 Å². The predicted molar refractivity (Wildman–Crippen MR) is 68.7 cm³/mol. The Morgan fingerprint density at radius 1 is 1.29 bits per heavy atom. The van der Waals surface area contributed by atoms with Crippen molar-refractivity contribution in [1.82, 2.24) is 9.88 Å². The molecular formula is C14H22N2O. The third-order valence-electron chi connectivity index (χ3n) is 3.65. The highest BCUT2D eigenvalue weighted by atomic mass is 16.3. The predicted octanol–water partition coefficient (Wildman–Crippen LogP) is 2.13. The minimum Gasteiger partial charge on any atom is -0.393 e. The van der Waals surface area contributed by atoms with Crippen molar-refractivity contribution in [3.05, 3.63) is 29.6 Å². The largest absolute Gasteiger partial charge is 0.393 e. The van der Waals surface area contributed by atoms with E-state index in [2.05, 4.69) is 29.1 Å². The first kappa shape index (κ1) is 12.5. The number of aryl methyl sites for hydroxylation is 1. The highest BCUT2D eigenvalue weighted by Gasteiger charge is 2.22. The van der Waals surface area contributed by atoms with Crippen LogP contribution in [0, 0.1) is 6.92 Å². The molecule has 0 bridgehead atoms. The van der Waals surface area contributed by atoms with E-state index in [4.69, 9.17) is 0 Å². The lowest BCUT2D eigenvalue weighted by atomic mass is 9.92. The first-order valence-electron chi connectivity index (χ1n) is 6.46. The second kappa shape index (κ2) is 5.61. The zero-order chi connectivity index (χ0) is 12.3. The van der Waals surface area contributed by atoms with Crippen LogP contribution in [-0.2, 0) is 6.54 Å². The zero-order valence-electron chi connectivity index (χ0n) is 10.8. The van der Waals surface area contributed by atoms with Crippen LogP contribution in [0.5, 0.6) is 0 Å². The molecule has 0 unspecified atom stereocenters. The van der Waals surface area contributed by atoms with Gasteiger partial charge in [0.05, 0.1) is 11.8 Å². The number of hydrogen-bond donors (Lipinski definition) is 1. The van der Waals surface area contributed by atoms with Crippen LogP contribution in [0.2, 0.25) is 0 Å². The monoisotopic (exact) mass is 234 g/mol. The molecule has 1 saturated carbocycles. The summed E-state index contributed by atoms with van der Waals surface area (Å²) in [5.41, 5.74) is 2.22. The Bertz CT molecular complexity index is 359. The number of aliphatic hydroxyl groups excluding tert-OH is 1. The van der Waals surface area contributed by atoms with Gasteiger partial charge in [0, 0.05) is 18.3 Å². The van der Waals surface area contributed by atoms with Crippen molar-refractivity contribution < 1.29 is 5.11 Å². The summed E-state index contributed by atoms with van der Waals surface area (Å²) in [7, 11) is 2.16. The van der Waals surface area contributed by atoms with Crippen molar-refractivity contribution in [1.29, 1.82) is 0 Å². The zero-order valence-corrected chi connectivity index (χ0v) is 10.8. The van der Waals surface area contributed by atoms with Gasteiger partial charge >= 0.3 is 0 Å². The Balaban J connectivity index is 1.90. The topological polar surface area (TPSA) is 36.4 Å². The Morgan fingerprint density at radius 2 is 2.00 bits per heavy atom. The molecule has 1 aliphatic carbocycles. The van der Waals surface area contributed by atoms with E-state index in [-0.39, 0.29) is 6.10 Å². The molecule has 1 N–H and O–H groups in total. The molecule has 1 fully saturated rings. The van der Waals surface area contributed by atoms with Gasteiger partial charge in [0.15, 0.2) is 0 Å². The van der Waals surface area contributed by atoms with E-state index in [0.29, 0.717) is 6.04 Å². The van der Waals surface area contributed by atoms with Gasteiger partial charge < -0.3 is 5.11 Å². The second-order valence-electron chi connectivity index (χ2n) is 5.15. The maximum absolute atomic E-state index is 9.50. The molecule has 0 aliphatic heterocycles. The maximum Gasteiger partial charge on any atom is 0.0547 e. The van der Waals surface area contributed by atoms with Gasteiger partial charge in [-0.1, -0.05) is 6.07 Å². The number of pyridine rings is 1. The van der Waals surface area contributed by atoms with E-state index in [9.17, 15) is 5.11 Å². The third-order valence-corrected chi connectivity index (χ3v) is 3.65. The summed E-state index contributed by atoms with van der Waals surface area (Å²) in [6.07, 6.45) is 4.01. The van der Waals surface area contributed by atoms with Gasteiger partial charge in [-0.15, -0.1) is 0 Å². The van der Waals surface area contributed by atoms with Crippen LogP contribution in [0.3, 0.4) is 0 Å². The molecule has 17 heavy (non-hydrogen) atoms. The summed E-state index contributed by atoms with van der Waals surface area (Å²) in [6, 6.07) is 6.78. The maximum atomic E-state index is 9.50. The van der Waals surface area contributed by atoms with E-state index in [0.717, 1.165) is 43.6 Å². The van der Waals surface area contributed by atoms with Crippen molar-refractivity contribution in [2.75, 3.05) is 7.05 Å². The summed E-state index contributed by atoms with van der Waals surface area (Å²) >= 11 is 0. The molecule has 0 atom stereocenters. The normalized spacial score (nSPS) is 25.2. The average Bonchev–Trinajstić information content (AvgIpc) is 2.29. The quantitative estimate of drug-likeness (QED) is 0.870. The van der Waals surface area contributed by atoms with E-state index in [1.54, 1.807) is 0 Å². The van der Waals surface area contributed by atoms with Crippen molar-refractivity contribution in [2.24, 2.45) is 0 Å².